The van der Waals surface area contributed by atoms with Gasteiger partial charge in [-0.3, -0.25) is 0 Å². The first kappa shape index (κ1) is 24.9. The minimum absolute atomic E-state index is 0.260. The van der Waals surface area contributed by atoms with Crippen molar-refractivity contribution < 1.29 is 8.42 Å². The van der Waals surface area contributed by atoms with Gasteiger partial charge in [-0.25, -0.2) is 12.7 Å². The molecule has 1 fully saturated rings. The number of nitrogens with zero attached hydrogens (tertiary/aromatic N) is 2. The van der Waals surface area contributed by atoms with Crippen LogP contribution in [0.5, 0.6) is 0 Å². The minimum atomic E-state index is -3.88. The lowest BCUT2D eigenvalue weighted by Crippen LogP contribution is -2.34. The van der Waals surface area contributed by atoms with E-state index < -0.39 is 16.1 Å². The Balaban J connectivity index is 1.69. The first-order valence-corrected chi connectivity index (χ1v) is 14.4. The van der Waals surface area contributed by atoms with Crippen molar-refractivity contribution in [3.05, 3.63) is 140 Å². The van der Waals surface area contributed by atoms with Crippen molar-refractivity contribution in [3.63, 3.8) is 0 Å². The van der Waals surface area contributed by atoms with Crippen molar-refractivity contribution in [2.75, 3.05) is 0 Å². The molecule has 36 heavy (non-hydrogen) atoms. The number of rotatable bonds is 5. The highest BCUT2D eigenvalue weighted by Gasteiger charge is 2.44. The molecule has 0 aromatic heterocycles. The van der Waals surface area contributed by atoms with Gasteiger partial charge in [0, 0.05) is 20.8 Å². The molecule has 0 spiro atoms. The van der Waals surface area contributed by atoms with E-state index in [9.17, 15) is 8.42 Å². The van der Waals surface area contributed by atoms with E-state index in [4.69, 9.17) is 11.6 Å². The molecule has 0 amide bonds. The molecule has 0 bridgehead atoms. The van der Waals surface area contributed by atoms with Crippen LogP contribution in [0.15, 0.2) is 120 Å². The average Bonchev–Trinajstić information content (AvgIpc) is 2.98. The monoisotopic (exact) mass is 626 g/mol. The van der Waals surface area contributed by atoms with Gasteiger partial charge in [-0.1, -0.05) is 77.9 Å². The van der Waals surface area contributed by atoms with E-state index in [2.05, 4.69) is 51.8 Å². The molecule has 7 heteroatoms. The molecule has 0 N–H and O–H groups in total. The molecule has 1 saturated heterocycles. The molecule has 5 rings (SSSR count). The zero-order chi connectivity index (χ0) is 25.3. The Hall–Kier alpha value is -2.81. The summed E-state index contributed by atoms with van der Waals surface area (Å²) in [5.74, 6) is 0.590. The van der Waals surface area contributed by atoms with Gasteiger partial charge >= 0.3 is 0 Å². The molecule has 182 valence electrons. The lowest BCUT2D eigenvalue weighted by Gasteiger charge is -2.26. The summed E-state index contributed by atoms with van der Waals surface area (Å²) in [6.07, 6.45) is 11.6. The summed E-state index contributed by atoms with van der Waals surface area (Å²) in [6.45, 7) is 2.47. The number of allylic oxidation sites excluding steroid dienone is 4. The van der Waals surface area contributed by atoms with Gasteiger partial charge < -0.3 is 4.90 Å². The van der Waals surface area contributed by atoms with E-state index in [1.807, 2.05) is 79.8 Å². The largest absolute Gasteiger partial charge is 0.324 e. The summed E-state index contributed by atoms with van der Waals surface area (Å²) in [5.41, 5.74) is 3.85. The third-order valence-corrected chi connectivity index (χ3v) is 8.92. The number of hydrogen-bond acceptors (Lipinski definition) is 3. The fraction of sp³-hybridized carbons (Fsp3) is 0.103. The molecule has 0 radical (unpaired) electrons. The van der Waals surface area contributed by atoms with Crippen molar-refractivity contribution in [2.45, 2.75) is 24.4 Å². The molecule has 1 aliphatic carbocycles. The number of hydrogen-bond donors (Lipinski definition) is 0. The second-order valence-electron chi connectivity index (χ2n) is 8.69. The Morgan fingerprint density at radius 2 is 1.61 bits per heavy atom. The van der Waals surface area contributed by atoms with Gasteiger partial charge in [0.2, 0.25) is 0 Å². The Morgan fingerprint density at radius 3 is 2.31 bits per heavy atom. The van der Waals surface area contributed by atoms with Crippen LogP contribution in [0.3, 0.4) is 0 Å². The van der Waals surface area contributed by atoms with Gasteiger partial charge in [0.15, 0.2) is 0 Å². The SMILES string of the molecule is Cc1ccc(S(=O)(=O)N2/C(=C/c3ccc(Cl)cc3)N(Cc3ccc(I)cc3)C3=CC=CC=CC32)cc1. The summed E-state index contributed by atoms with van der Waals surface area (Å²) in [5, 5.41) is 0.629. The Morgan fingerprint density at radius 1 is 0.917 bits per heavy atom. The molecule has 3 aromatic carbocycles. The van der Waals surface area contributed by atoms with Crippen molar-refractivity contribution in [1.82, 2.24) is 9.21 Å². The molecule has 1 heterocycles. The van der Waals surface area contributed by atoms with E-state index >= 15 is 0 Å². The smallest absolute Gasteiger partial charge is 0.266 e. The summed E-state index contributed by atoms with van der Waals surface area (Å²) >= 11 is 8.41. The molecule has 4 nitrogen and oxygen atoms in total. The molecule has 3 aromatic rings. The quantitative estimate of drug-likeness (QED) is 0.283. The highest BCUT2D eigenvalue weighted by Crippen LogP contribution is 2.41. The number of fused-ring (bicyclic) bond motifs is 1. The van der Waals surface area contributed by atoms with Crippen LogP contribution in [0.4, 0.5) is 0 Å². The molecule has 1 unspecified atom stereocenters. The van der Waals surface area contributed by atoms with Crippen LogP contribution in [0.1, 0.15) is 16.7 Å². The average molecular weight is 627 g/mol. The highest BCUT2D eigenvalue weighted by molar-refractivity contribution is 14.1. The maximum Gasteiger partial charge on any atom is 0.266 e. The predicted octanol–water partition coefficient (Wildman–Crippen LogP) is 7.14. The molecular formula is C29H24ClIN2O2S. The van der Waals surface area contributed by atoms with E-state index in [0.29, 0.717) is 17.4 Å². The van der Waals surface area contributed by atoms with Crippen LogP contribution >= 0.6 is 34.2 Å². The van der Waals surface area contributed by atoms with Crippen molar-refractivity contribution in [3.8, 4) is 0 Å². The topological polar surface area (TPSA) is 40.6 Å². The summed E-state index contributed by atoms with van der Waals surface area (Å²) in [4.78, 5) is 2.35. The standard InChI is InChI=1S/C29H24ClIN2O2S/c1-21-7-17-26(18-8-21)36(34,35)33-28-6-4-2-3-5-27(28)32(20-23-11-15-25(31)16-12-23)29(33)19-22-9-13-24(30)14-10-22/h2-19,28H,20H2,1H3/b29-19+. The molecular weight excluding hydrogens is 603 g/mol. The lowest BCUT2D eigenvalue weighted by molar-refractivity contribution is 0.414. The van der Waals surface area contributed by atoms with Crippen molar-refractivity contribution in [1.29, 1.82) is 0 Å². The Labute approximate surface area is 231 Å². The summed E-state index contributed by atoms with van der Waals surface area (Å²) in [7, 11) is -3.88. The molecule has 2 aliphatic rings. The zero-order valence-corrected chi connectivity index (χ0v) is 23.3. The van der Waals surface area contributed by atoms with Gasteiger partial charge in [-0.2, -0.15) is 0 Å². The third kappa shape index (κ3) is 5.03. The number of aryl methyl sites for hydroxylation is 1. The van der Waals surface area contributed by atoms with Gasteiger partial charge in [0.25, 0.3) is 10.0 Å². The van der Waals surface area contributed by atoms with Gasteiger partial charge in [-0.15, -0.1) is 0 Å². The second-order valence-corrected chi connectivity index (χ2v) is 12.2. The molecule has 1 atom stereocenters. The highest BCUT2D eigenvalue weighted by atomic mass is 127. The van der Waals surface area contributed by atoms with Crippen molar-refractivity contribution >= 4 is 50.3 Å². The first-order valence-electron chi connectivity index (χ1n) is 11.5. The van der Waals surface area contributed by atoms with Crippen LogP contribution in [0, 0.1) is 10.5 Å². The van der Waals surface area contributed by atoms with Crippen LogP contribution < -0.4 is 0 Å². The van der Waals surface area contributed by atoms with E-state index in [0.717, 1.165) is 26.0 Å². The van der Waals surface area contributed by atoms with E-state index in [1.165, 1.54) is 4.31 Å². The van der Waals surface area contributed by atoms with Crippen LogP contribution in [0.2, 0.25) is 5.02 Å². The second kappa shape index (κ2) is 10.3. The number of sulfonamides is 1. The van der Waals surface area contributed by atoms with Crippen LogP contribution in [0.25, 0.3) is 6.08 Å². The summed E-state index contributed by atoms with van der Waals surface area (Å²) < 4.78 is 31.0. The predicted molar refractivity (Wildman–Crippen MR) is 154 cm³/mol. The Kier molecular flexibility index (Phi) is 7.10. The van der Waals surface area contributed by atoms with Gasteiger partial charge in [-0.05, 0) is 89.2 Å². The number of halogens is 2. The molecule has 1 aliphatic heterocycles. The first-order chi connectivity index (χ1) is 17.3. The van der Waals surface area contributed by atoms with Crippen molar-refractivity contribution in [2.24, 2.45) is 0 Å². The van der Waals surface area contributed by atoms with E-state index in [-0.39, 0.29) is 4.90 Å². The molecule has 0 saturated carbocycles. The third-order valence-electron chi connectivity index (χ3n) is 6.15. The fourth-order valence-corrected chi connectivity index (χ4v) is 6.38. The van der Waals surface area contributed by atoms with E-state index in [1.54, 1.807) is 12.1 Å². The van der Waals surface area contributed by atoms with Gasteiger partial charge in [0.05, 0.1) is 4.90 Å². The maximum atomic E-state index is 14.2. The van der Waals surface area contributed by atoms with Crippen LogP contribution in [-0.4, -0.2) is 23.7 Å². The fourth-order valence-electron chi connectivity index (χ4n) is 4.32. The minimum Gasteiger partial charge on any atom is -0.324 e. The van der Waals surface area contributed by atoms with Gasteiger partial charge in [0.1, 0.15) is 11.9 Å². The normalized spacial score (nSPS) is 18.4. The summed E-state index contributed by atoms with van der Waals surface area (Å²) in [6, 6.07) is 22.2. The number of benzene rings is 3. The zero-order valence-electron chi connectivity index (χ0n) is 19.6. The lowest BCUT2D eigenvalue weighted by atomic mass is 10.1. The Bertz CT molecular complexity index is 1490. The maximum absolute atomic E-state index is 14.2. The van der Waals surface area contributed by atoms with Crippen LogP contribution in [-0.2, 0) is 16.6 Å².